The molecule has 0 aromatic carbocycles. The van der Waals surface area contributed by atoms with Crippen LogP contribution < -0.4 is 10.6 Å². The number of rotatable bonds is 5. The SMILES string of the molecule is O=C(NCc1ccccn1)c1cccc(NC2CC2)n1. The van der Waals surface area contributed by atoms with E-state index in [-0.39, 0.29) is 5.91 Å². The second kappa shape index (κ2) is 5.69. The maximum Gasteiger partial charge on any atom is 0.270 e. The van der Waals surface area contributed by atoms with Crippen molar-refractivity contribution in [2.45, 2.75) is 25.4 Å². The Bertz CT molecular complexity index is 596. The molecule has 2 aromatic heterocycles. The van der Waals surface area contributed by atoms with Gasteiger partial charge in [0.05, 0.1) is 12.2 Å². The van der Waals surface area contributed by atoms with E-state index in [9.17, 15) is 4.79 Å². The van der Waals surface area contributed by atoms with Crippen molar-refractivity contribution in [3.8, 4) is 0 Å². The highest BCUT2D eigenvalue weighted by molar-refractivity contribution is 5.92. The third-order valence-electron chi connectivity index (χ3n) is 3.07. The molecule has 1 aliphatic rings. The van der Waals surface area contributed by atoms with Gasteiger partial charge in [0.1, 0.15) is 11.5 Å². The molecule has 0 spiro atoms. The Morgan fingerprint density at radius 3 is 2.85 bits per heavy atom. The van der Waals surface area contributed by atoms with Gasteiger partial charge in [0, 0.05) is 12.2 Å². The lowest BCUT2D eigenvalue weighted by Crippen LogP contribution is -2.24. The molecule has 0 bridgehead atoms. The Labute approximate surface area is 117 Å². The van der Waals surface area contributed by atoms with Gasteiger partial charge in [-0.1, -0.05) is 12.1 Å². The Hall–Kier alpha value is -2.43. The average Bonchev–Trinajstić information content (AvgIpc) is 3.30. The van der Waals surface area contributed by atoms with E-state index in [1.165, 1.54) is 12.8 Å². The number of nitrogens with one attached hydrogen (secondary N) is 2. The van der Waals surface area contributed by atoms with Crippen LogP contribution in [0, 0.1) is 0 Å². The Morgan fingerprint density at radius 2 is 2.10 bits per heavy atom. The molecule has 5 heteroatoms. The molecule has 2 aromatic rings. The molecule has 0 atom stereocenters. The van der Waals surface area contributed by atoms with Crippen molar-refractivity contribution >= 4 is 11.7 Å². The summed E-state index contributed by atoms with van der Waals surface area (Å²) in [5.74, 6) is 0.577. The molecule has 0 aliphatic heterocycles. The number of amides is 1. The maximum absolute atomic E-state index is 12.0. The molecule has 1 saturated carbocycles. The van der Waals surface area contributed by atoms with Gasteiger partial charge in [0.15, 0.2) is 0 Å². The Balaban J connectivity index is 1.61. The van der Waals surface area contributed by atoms with E-state index < -0.39 is 0 Å². The van der Waals surface area contributed by atoms with E-state index in [4.69, 9.17) is 0 Å². The predicted octanol–water partition coefficient (Wildman–Crippen LogP) is 1.98. The fraction of sp³-hybridized carbons (Fsp3) is 0.267. The van der Waals surface area contributed by atoms with Gasteiger partial charge in [0.25, 0.3) is 5.91 Å². The molecule has 3 rings (SSSR count). The molecule has 1 aliphatic carbocycles. The molecule has 102 valence electrons. The first-order valence-electron chi connectivity index (χ1n) is 6.73. The van der Waals surface area contributed by atoms with E-state index in [1.807, 2.05) is 30.3 Å². The topological polar surface area (TPSA) is 66.9 Å². The molecule has 1 amide bonds. The predicted molar refractivity (Wildman–Crippen MR) is 76.3 cm³/mol. The minimum absolute atomic E-state index is 0.185. The minimum atomic E-state index is -0.185. The summed E-state index contributed by atoms with van der Waals surface area (Å²) in [6.07, 6.45) is 4.06. The second-order valence-corrected chi connectivity index (χ2v) is 4.83. The molecule has 0 unspecified atom stereocenters. The summed E-state index contributed by atoms with van der Waals surface area (Å²) in [6.45, 7) is 0.404. The quantitative estimate of drug-likeness (QED) is 0.870. The van der Waals surface area contributed by atoms with E-state index >= 15 is 0 Å². The number of hydrogen-bond acceptors (Lipinski definition) is 4. The summed E-state index contributed by atoms with van der Waals surface area (Å²) < 4.78 is 0. The fourth-order valence-electron chi connectivity index (χ4n) is 1.84. The van der Waals surface area contributed by atoms with E-state index in [0.29, 0.717) is 18.3 Å². The van der Waals surface area contributed by atoms with Crippen LogP contribution in [0.3, 0.4) is 0 Å². The number of carbonyl (C=O) groups excluding carboxylic acids is 1. The number of carbonyl (C=O) groups is 1. The first kappa shape index (κ1) is 12.6. The third kappa shape index (κ3) is 3.32. The standard InChI is InChI=1S/C15H16N4O/c20-15(17-10-12-4-1-2-9-16-12)13-5-3-6-14(19-13)18-11-7-8-11/h1-6,9,11H,7-8,10H2,(H,17,20)(H,18,19). The van der Waals surface area contributed by atoms with Gasteiger partial charge in [-0.15, -0.1) is 0 Å². The maximum atomic E-state index is 12.0. The first-order chi connectivity index (χ1) is 9.81. The Morgan fingerprint density at radius 1 is 1.20 bits per heavy atom. The number of aromatic nitrogens is 2. The third-order valence-corrected chi connectivity index (χ3v) is 3.07. The summed E-state index contributed by atoms with van der Waals surface area (Å²) in [7, 11) is 0. The van der Waals surface area contributed by atoms with Crippen LogP contribution in [0.2, 0.25) is 0 Å². The van der Waals surface area contributed by atoms with Gasteiger partial charge in [0.2, 0.25) is 0 Å². The first-order valence-corrected chi connectivity index (χ1v) is 6.73. The van der Waals surface area contributed by atoms with Crippen molar-refractivity contribution in [1.29, 1.82) is 0 Å². The van der Waals surface area contributed by atoms with Gasteiger partial charge in [-0.2, -0.15) is 0 Å². The normalized spacial score (nSPS) is 13.8. The van der Waals surface area contributed by atoms with Crippen LogP contribution in [-0.2, 0) is 6.54 Å². The molecular formula is C15H16N4O. The van der Waals surface area contributed by atoms with Crippen LogP contribution in [0.15, 0.2) is 42.6 Å². The van der Waals surface area contributed by atoms with Crippen LogP contribution in [0.5, 0.6) is 0 Å². The lowest BCUT2D eigenvalue weighted by Gasteiger charge is -2.07. The van der Waals surface area contributed by atoms with Crippen LogP contribution in [-0.4, -0.2) is 21.9 Å². The van der Waals surface area contributed by atoms with Crippen LogP contribution >= 0.6 is 0 Å². The molecule has 0 radical (unpaired) electrons. The highest BCUT2D eigenvalue weighted by Gasteiger charge is 2.21. The summed E-state index contributed by atoms with van der Waals surface area (Å²) >= 11 is 0. The molecule has 1 fully saturated rings. The summed E-state index contributed by atoms with van der Waals surface area (Å²) in [5.41, 5.74) is 1.25. The van der Waals surface area contributed by atoms with Gasteiger partial charge in [-0.05, 0) is 37.1 Å². The van der Waals surface area contributed by atoms with Gasteiger partial charge in [-0.3, -0.25) is 9.78 Å². The summed E-state index contributed by atoms with van der Waals surface area (Å²) in [5, 5.41) is 6.10. The van der Waals surface area contributed by atoms with Gasteiger partial charge < -0.3 is 10.6 Å². The average molecular weight is 268 g/mol. The summed E-state index contributed by atoms with van der Waals surface area (Å²) in [6, 6.07) is 11.6. The van der Waals surface area contributed by atoms with Crippen LogP contribution in [0.25, 0.3) is 0 Å². The monoisotopic (exact) mass is 268 g/mol. The molecular weight excluding hydrogens is 252 g/mol. The lowest BCUT2D eigenvalue weighted by atomic mass is 10.3. The zero-order valence-corrected chi connectivity index (χ0v) is 11.0. The number of anilines is 1. The van der Waals surface area contributed by atoms with Crippen LogP contribution in [0.1, 0.15) is 29.0 Å². The molecule has 0 saturated heterocycles. The van der Waals surface area contributed by atoms with Crippen molar-refractivity contribution < 1.29 is 4.79 Å². The van der Waals surface area contributed by atoms with E-state index in [0.717, 1.165) is 11.5 Å². The zero-order chi connectivity index (χ0) is 13.8. The van der Waals surface area contributed by atoms with Crippen molar-refractivity contribution in [3.63, 3.8) is 0 Å². The molecule has 20 heavy (non-hydrogen) atoms. The minimum Gasteiger partial charge on any atom is -0.367 e. The molecule has 5 nitrogen and oxygen atoms in total. The van der Waals surface area contributed by atoms with Crippen molar-refractivity contribution in [3.05, 3.63) is 54.0 Å². The highest BCUT2D eigenvalue weighted by atomic mass is 16.1. The van der Waals surface area contributed by atoms with Gasteiger partial charge >= 0.3 is 0 Å². The highest BCUT2D eigenvalue weighted by Crippen LogP contribution is 2.23. The van der Waals surface area contributed by atoms with E-state index in [2.05, 4.69) is 20.6 Å². The lowest BCUT2D eigenvalue weighted by molar-refractivity contribution is 0.0945. The molecule has 2 N–H and O–H groups in total. The number of nitrogens with zero attached hydrogens (tertiary/aromatic N) is 2. The van der Waals surface area contributed by atoms with Crippen molar-refractivity contribution in [2.24, 2.45) is 0 Å². The van der Waals surface area contributed by atoms with Crippen molar-refractivity contribution in [2.75, 3.05) is 5.32 Å². The smallest absolute Gasteiger partial charge is 0.270 e. The largest absolute Gasteiger partial charge is 0.367 e. The van der Waals surface area contributed by atoms with E-state index in [1.54, 1.807) is 12.3 Å². The van der Waals surface area contributed by atoms with Crippen molar-refractivity contribution in [1.82, 2.24) is 15.3 Å². The summed E-state index contributed by atoms with van der Waals surface area (Å²) in [4.78, 5) is 20.5. The number of hydrogen-bond donors (Lipinski definition) is 2. The zero-order valence-electron chi connectivity index (χ0n) is 11.0. The fourth-order valence-corrected chi connectivity index (χ4v) is 1.84. The number of pyridine rings is 2. The Kier molecular flexibility index (Phi) is 3.58. The second-order valence-electron chi connectivity index (χ2n) is 4.83. The molecule has 2 heterocycles. The van der Waals surface area contributed by atoms with Gasteiger partial charge in [-0.25, -0.2) is 4.98 Å². The van der Waals surface area contributed by atoms with Crippen LogP contribution in [0.4, 0.5) is 5.82 Å².